The largest absolute Gasteiger partial charge is 0.384 e. The fraction of sp³-hybridized carbons (Fsp3) is 0.750. The fourth-order valence-corrected chi connectivity index (χ4v) is 2.10. The van der Waals surface area contributed by atoms with Gasteiger partial charge in [0.2, 0.25) is 0 Å². The maximum atomic E-state index is 11.3. The van der Waals surface area contributed by atoms with Gasteiger partial charge >= 0.3 is 0 Å². The first-order valence-electron chi connectivity index (χ1n) is 6.33. The van der Waals surface area contributed by atoms with Gasteiger partial charge in [0.1, 0.15) is 0 Å². The average molecular weight is 252 g/mol. The Kier molecular flexibility index (Phi) is 3.96. The highest BCUT2D eigenvalue weighted by Crippen LogP contribution is 2.33. The molecule has 2 N–H and O–H groups in total. The fourth-order valence-electron chi connectivity index (χ4n) is 2.10. The van der Waals surface area contributed by atoms with Crippen molar-refractivity contribution in [1.82, 2.24) is 15.0 Å². The number of hydrogen-bond acceptors (Lipinski definition) is 4. The summed E-state index contributed by atoms with van der Waals surface area (Å²) in [5, 5.41) is 7.96. The molecule has 1 fully saturated rings. The Balaban J connectivity index is 2.14. The molecule has 1 amide bonds. The van der Waals surface area contributed by atoms with Crippen molar-refractivity contribution in [3.8, 4) is 0 Å². The number of hydrogen-bond donors (Lipinski definition) is 1. The monoisotopic (exact) mass is 252 g/mol. The van der Waals surface area contributed by atoms with E-state index >= 15 is 0 Å². The van der Waals surface area contributed by atoms with E-state index in [1.54, 1.807) is 7.11 Å². The molecule has 1 saturated carbocycles. The first kappa shape index (κ1) is 13.0. The van der Waals surface area contributed by atoms with Crippen molar-refractivity contribution in [3.63, 3.8) is 0 Å². The number of carbonyl (C=O) groups excluding carboxylic acids is 1. The molecule has 1 aromatic heterocycles. The number of amides is 1. The van der Waals surface area contributed by atoms with Gasteiger partial charge in [-0.3, -0.25) is 4.79 Å². The lowest BCUT2D eigenvalue weighted by atomic mass is 10.1. The Hall–Kier alpha value is -1.43. The second kappa shape index (κ2) is 5.48. The van der Waals surface area contributed by atoms with Crippen molar-refractivity contribution in [1.29, 1.82) is 0 Å². The van der Waals surface area contributed by atoms with E-state index in [0.717, 1.165) is 12.1 Å². The molecule has 0 aliphatic heterocycles. The molecule has 2 rings (SSSR count). The molecule has 0 saturated heterocycles. The molecule has 100 valence electrons. The summed E-state index contributed by atoms with van der Waals surface area (Å²) in [4.78, 5) is 11.3. The minimum absolute atomic E-state index is 0.325. The number of aromatic nitrogens is 3. The lowest BCUT2D eigenvalue weighted by Gasteiger charge is -2.12. The van der Waals surface area contributed by atoms with Gasteiger partial charge in [-0.15, -0.1) is 5.10 Å². The zero-order chi connectivity index (χ0) is 13.1. The highest BCUT2D eigenvalue weighted by molar-refractivity contribution is 5.91. The second-order valence-corrected chi connectivity index (χ2v) is 5.14. The van der Waals surface area contributed by atoms with Crippen LogP contribution in [0.4, 0.5) is 0 Å². The Morgan fingerprint density at radius 3 is 2.89 bits per heavy atom. The van der Waals surface area contributed by atoms with Crippen LogP contribution in [0.2, 0.25) is 0 Å². The maximum absolute atomic E-state index is 11.3. The van der Waals surface area contributed by atoms with Crippen molar-refractivity contribution >= 4 is 5.91 Å². The molecule has 1 heterocycles. The quantitative estimate of drug-likeness (QED) is 0.770. The number of ether oxygens (including phenoxy) is 1. The van der Waals surface area contributed by atoms with E-state index in [1.807, 2.05) is 4.68 Å². The van der Waals surface area contributed by atoms with Crippen molar-refractivity contribution in [3.05, 3.63) is 11.4 Å². The minimum Gasteiger partial charge on any atom is -0.384 e. The minimum atomic E-state index is -0.490. The standard InChI is InChI=1S/C12H20N4O2/c1-8(7-18-2)6-16-10(5-9-3-4-9)11(12(13)17)14-15-16/h8-9H,3-7H2,1-2H3,(H2,13,17). The van der Waals surface area contributed by atoms with Crippen molar-refractivity contribution in [2.45, 2.75) is 32.7 Å². The predicted molar refractivity (Wildman–Crippen MR) is 66.0 cm³/mol. The van der Waals surface area contributed by atoms with Crippen LogP contribution in [0.1, 0.15) is 35.9 Å². The Labute approximate surface area is 106 Å². The topological polar surface area (TPSA) is 83.0 Å². The Morgan fingerprint density at radius 1 is 1.61 bits per heavy atom. The predicted octanol–water partition coefficient (Wildman–Crippen LogP) is 0.612. The zero-order valence-electron chi connectivity index (χ0n) is 10.9. The zero-order valence-corrected chi connectivity index (χ0v) is 10.9. The van der Waals surface area contributed by atoms with Crippen molar-refractivity contribution < 1.29 is 9.53 Å². The number of methoxy groups -OCH3 is 1. The van der Waals surface area contributed by atoms with Crippen molar-refractivity contribution in [2.24, 2.45) is 17.6 Å². The molecular formula is C12H20N4O2. The van der Waals surface area contributed by atoms with Gasteiger partial charge in [-0.1, -0.05) is 12.1 Å². The van der Waals surface area contributed by atoms with Crippen molar-refractivity contribution in [2.75, 3.05) is 13.7 Å². The second-order valence-electron chi connectivity index (χ2n) is 5.14. The number of carbonyl (C=O) groups is 1. The number of nitrogens with two attached hydrogens (primary N) is 1. The van der Waals surface area contributed by atoms with Crippen LogP contribution in [0.5, 0.6) is 0 Å². The van der Waals surface area contributed by atoms with Crippen LogP contribution < -0.4 is 5.73 Å². The van der Waals surface area contributed by atoms with E-state index in [1.165, 1.54) is 12.8 Å². The van der Waals surface area contributed by atoms with Gasteiger partial charge in [-0.2, -0.15) is 0 Å². The van der Waals surface area contributed by atoms with E-state index in [0.29, 0.717) is 30.7 Å². The number of nitrogens with zero attached hydrogens (tertiary/aromatic N) is 3. The number of rotatable bonds is 7. The van der Waals surface area contributed by atoms with Gasteiger partial charge in [-0.05, 0) is 31.1 Å². The molecule has 0 aromatic carbocycles. The molecule has 0 radical (unpaired) electrons. The first-order chi connectivity index (χ1) is 8.61. The summed E-state index contributed by atoms with van der Waals surface area (Å²) in [6.07, 6.45) is 3.29. The lowest BCUT2D eigenvalue weighted by Crippen LogP contribution is -2.19. The van der Waals surface area contributed by atoms with Crippen LogP contribution >= 0.6 is 0 Å². The summed E-state index contributed by atoms with van der Waals surface area (Å²) in [7, 11) is 1.68. The smallest absolute Gasteiger partial charge is 0.271 e. The van der Waals surface area contributed by atoms with Crippen LogP contribution in [-0.2, 0) is 17.7 Å². The highest BCUT2D eigenvalue weighted by Gasteiger charge is 2.27. The van der Waals surface area contributed by atoms with Crippen LogP contribution in [-0.4, -0.2) is 34.6 Å². The third-order valence-electron chi connectivity index (χ3n) is 3.19. The molecular weight excluding hydrogens is 232 g/mol. The lowest BCUT2D eigenvalue weighted by molar-refractivity contribution is 0.0994. The summed E-state index contributed by atoms with van der Waals surface area (Å²) >= 11 is 0. The van der Waals surface area contributed by atoms with E-state index in [9.17, 15) is 4.79 Å². The number of primary amides is 1. The molecule has 0 spiro atoms. The van der Waals surface area contributed by atoms with Gasteiger partial charge in [0.05, 0.1) is 12.3 Å². The third kappa shape index (κ3) is 3.07. The van der Waals surface area contributed by atoms with E-state index in [4.69, 9.17) is 10.5 Å². The summed E-state index contributed by atoms with van der Waals surface area (Å²) in [6, 6.07) is 0. The Morgan fingerprint density at radius 2 is 2.33 bits per heavy atom. The van der Waals surface area contributed by atoms with Gasteiger partial charge in [-0.25, -0.2) is 4.68 Å². The summed E-state index contributed by atoms with van der Waals surface area (Å²) in [6.45, 7) is 3.45. The van der Waals surface area contributed by atoms with Crippen LogP contribution in [0.25, 0.3) is 0 Å². The molecule has 1 aliphatic rings. The molecule has 1 unspecified atom stereocenters. The van der Waals surface area contributed by atoms with Gasteiger partial charge in [0.25, 0.3) is 5.91 Å². The summed E-state index contributed by atoms with van der Waals surface area (Å²) < 4.78 is 6.92. The van der Waals surface area contributed by atoms with E-state index in [-0.39, 0.29) is 0 Å². The molecule has 1 atom stereocenters. The van der Waals surface area contributed by atoms with Gasteiger partial charge < -0.3 is 10.5 Å². The van der Waals surface area contributed by atoms with E-state index in [2.05, 4.69) is 17.2 Å². The van der Waals surface area contributed by atoms with Gasteiger partial charge in [0.15, 0.2) is 5.69 Å². The normalized spacial score (nSPS) is 16.8. The van der Waals surface area contributed by atoms with Crippen LogP contribution in [0.15, 0.2) is 0 Å². The molecule has 6 heteroatoms. The third-order valence-corrected chi connectivity index (χ3v) is 3.19. The maximum Gasteiger partial charge on any atom is 0.271 e. The first-order valence-corrected chi connectivity index (χ1v) is 6.33. The molecule has 1 aliphatic carbocycles. The molecule has 1 aromatic rings. The van der Waals surface area contributed by atoms with Gasteiger partial charge in [0, 0.05) is 13.7 Å². The SMILES string of the molecule is COCC(C)Cn1nnc(C(N)=O)c1CC1CC1. The average Bonchev–Trinajstić information content (AvgIpc) is 3.02. The summed E-state index contributed by atoms with van der Waals surface area (Å²) in [5.41, 5.74) is 6.54. The Bertz CT molecular complexity index is 426. The van der Waals surface area contributed by atoms with Crippen LogP contribution in [0.3, 0.4) is 0 Å². The van der Waals surface area contributed by atoms with Crippen LogP contribution in [0, 0.1) is 11.8 Å². The molecule has 0 bridgehead atoms. The summed E-state index contributed by atoms with van der Waals surface area (Å²) in [5.74, 6) is 0.504. The van der Waals surface area contributed by atoms with E-state index < -0.39 is 5.91 Å². The molecule has 6 nitrogen and oxygen atoms in total. The highest BCUT2D eigenvalue weighted by atomic mass is 16.5. The molecule has 18 heavy (non-hydrogen) atoms.